The normalized spacial score (nSPS) is 10.7. The Bertz CT molecular complexity index is 1020. The number of nitrogens with zero attached hydrogens (tertiary/aromatic N) is 2. The summed E-state index contributed by atoms with van der Waals surface area (Å²) in [5.41, 5.74) is 2.94. The van der Waals surface area contributed by atoms with E-state index in [0.29, 0.717) is 18.5 Å². The van der Waals surface area contributed by atoms with Crippen molar-refractivity contribution in [1.82, 2.24) is 15.1 Å². The van der Waals surface area contributed by atoms with E-state index in [9.17, 15) is 18.4 Å². The van der Waals surface area contributed by atoms with Gasteiger partial charge in [-0.2, -0.15) is 13.9 Å². The smallest absolute Gasteiger partial charge is 0.387 e. The number of ether oxygens (including phenoxy) is 2. The lowest BCUT2D eigenvalue weighted by Crippen LogP contribution is -2.30. The number of esters is 1. The van der Waals surface area contributed by atoms with Gasteiger partial charge >= 0.3 is 12.6 Å². The van der Waals surface area contributed by atoms with Crippen molar-refractivity contribution in [3.63, 3.8) is 0 Å². The summed E-state index contributed by atoms with van der Waals surface area (Å²) in [5.74, 6) is -0.967. The SMILES string of the molecule is Cc1ccnn1-c1ccc(C(=O)OCC(=O)NCCc2ccc(OC(F)F)cc2)cc1. The minimum atomic E-state index is -2.87. The van der Waals surface area contributed by atoms with Gasteiger partial charge in [-0.1, -0.05) is 12.1 Å². The summed E-state index contributed by atoms with van der Waals surface area (Å²) >= 11 is 0. The van der Waals surface area contributed by atoms with E-state index in [1.807, 2.05) is 13.0 Å². The van der Waals surface area contributed by atoms with E-state index < -0.39 is 25.1 Å². The van der Waals surface area contributed by atoms with Crippen LogP contribution < -0.4 is 10.1 Å². The van der Waals surface area contributed by atoms with E-state index in [2.05, 4.69) is 15.2 Å². The zero-order valence-electron chi connectivity index (χ0n) is 16.8. The lowest BCUT2D eigenvalue weighted by molar-refractivity contribution is -0.124. The highest BCUT2D eigenvalue weighted by Gasteiger charge is 2.11. The van der Waals surface area contributed by atoms with E-state index in [1.54, 1.807) is 47.3 Å². The monoisotopic (exact) mass is 429 g/mol. The standard InChI is InChI=1S/C22H21F2N3O4/c1-15-10-13-26-27(15)18-6-4-17(5-7-18)21(29)30-14-20(28)25-12-11-16-2-8-19(9-3-16)31-22(23)24/h2-10,13,22H,11-12,14H2,1H3,(H,25,28). The number of rotatable bonds is 9. The van der Waals surface area contributed by atoms with Crippen molar-refractivity contribution in [1.29, 1.82) is 0 Å². The summed E-state index contributed by atoms with van der Waals surface area (Å²) in [4.78, 5) is 24.0. The third-order valence-electron chi connectivity index (χ3n) is 4.40. The topological polar surface area (TPSA) is 82.5 Å². The van der Waals surface area contributed by atoms with Crippen LogP contribution in [0.5, 0.6) is 5.75 Å². The number of hydrogen-bond donors (Lipinski definition) is 1. The Morgan fingerprint density at radius 2 is 1.77 bits per heavy atom. The first-order valence-corrected chi connectivity index (χ1v) is 9.51. The van der Waals surface area contributed by atoms with Gasteiger partial charge in [0.25, 0.3) is 5.91 Å². The Morgan fingerprint density at radius 1 is 1.06 bits per heavy atom. The van der Waals surface area contributed by atoms with Crippen molar-refractivity contribution in [3.8, 4) is 11.4 Å². The fraction of sp³-hybridized carbons (Fsp3) is 0.227. The quantitative estimate of drug-likeness (QED) is 0.528. The number of benzene rings is 2. The molecule has 0 aliphatic heterocycles. The molecular formula is C22H21F2N3O4. The fourth-order valence-electron chi connectivity index (χ4n) is 2.83. The molecule has 31 heavy (non-hydrogen) atoms. The van der Waals surface area contributed by atoms with Crippen LogP contribution in [-0.4, -0.2) is 41.4 Å². The Morgan fingerprint density at radius 3 is 2.39 bits per heavy atom. The minimum absolute atomic E-state index is 0.0717. The number of aromatic nitrogens is 2. The first-order valence-electron chi connectivity index (χ1n) is 9.51. The second-order valence-electron chi connectivity index (χ2n) is 6.63. The van der Waals surface area contributed by atoms with Crippen LogP contribution >= 0.6 is 0 Å². The molecule has 7 nitrogen and oxygen atoms in total. The molecule has 0 atom stereocenters. The second kappa shape index (κ2) is 10.3. The van der Waals surface area contributed by atoms with Crippen LogP contribution in [0.3, 0.4) is 0 Å². The fourth-order valence-corrected chi connectivity index (χ4v) is 2.83. The van der Waals surface area contributed by atoms with Gasteiger partial charge in [0, 0.05) is 18.4 Å². The summed E-state index contributed by atoms with van der Waals surface area (Å²) in [6.45, 7) is -1.04. The molecule has 0 spiro atoms. The molecule has 1 aromatic heterocycles. The molecule has 9 heteroatoms. The molecule has 0 radical (unpaired) electrons. The molecule has 162 valence electrons. The molecule has 0 saturated carbocycles. The largest absolute Gasteiger partial charge is 0.452 e. The van der Waals surface area contributed by atoms with E-state index in [-0.39, 0.29) is 5.75 Å². The highest BCUT2D eigenvalue weighted by Crippen LogP contribution is 2.15. The molecule has 0 fully saturated rings. The Balaban J connectivity index is 1.40. The van der Waals surface area contributed by atoms with Crippen LogP contribution in [0.4, 0.5) is 8.78 Å². The van der Waals surface area contributed by atoms with Gasteiger partial charge in [-0.25, -0.2) is 9.48 Å². The van der Waals surface area contributed by atoms with Crippen molar-refractivity contribution < 1.29 is 27.8 Å². The molecule has 1 amide bonds. The van der Waals surface area contributed by atoms with E-state index in [4.69, 9.17) is 4.74 Å². The number of hydrogen-bond acceptors (Lipinski definition) is 5. The minimum Gasteiger partial charge on any atom is -0.452 e. The predicted octanol–water partition coefficient (Wildman–Crippen LogP) is 3.30. The van der Waals surface area contributed by atoms with Crippen molar-refractivity contribution in [3.05, 3.63) is 77.6 Å². The van der Waals surface area contributed by atoms with Crippen molar-refractivity contribution >= 4 is 11.9 Å². The average Bonchev–Trinajstić information content (AvgIpc) is 3.19. The summed E-state index contributed by atoms with van der Waals surface area (Å²) in [5, 5.41) is 6.84. The summed E-state index contributed by atoms with van der Waals surface area (Å²) in [6.07, 6.45) is 2.18. The van der Waals surface area contributed by atoms with Gasteiger partial charge in [-0.15, -0.1) is 0 Å². The molecule has 0 aliphatic rings. The highest BCUT2D eigenvalue weighted by atomic mass is 19.3. The molecule has 2 aromatic carbocycles. The van der Waals surface area contributed by atoms with Crippen LogP contribution in [0.1, 0.15) is 21.6 Å². The predicted molar refractivity (Wildman–Crippen MR) is 108 cm³/mol. The molecule has 3 aromatic rings. The summed E-state index contributed by atoms with van der Waals surface area (Å²) < 4.78 is 35.3. The number of amides is 1. The summed E-state index contributed by atoms with van der Waals surface area (Å²) in [7, 11) is 0. The third-order valence-corrected chi connectivity index (χ3v) is 4.40. The summed E-state index contributed by atoms with van der Waals surface area (Å²) in [6, 6.07) is 14.7. The third kappa shape index (κ3) is 6.36. The lowest BCUT2D eigenvalue weighted by atomic mass is 10.1. The number of carbonyl (C=O) groups excluding carboxylic acids is 2. The van der Waals surface area contributed by atoms with Crippen LogP contribution in [-0.2, 0) is 16.0 Å². The van der Waals surface area contributed by atoms with Crippen molar-refractivity contribution in [2.45, 2.75) is 20.0 Å². The zero-order valence-corrected chi connectivity index (χ0v) is 16.8. The zero-order chi connectivity index (χ0) is 22.2. The van der Waals surface area contributed by atoms with Gasteiger partial charge < -0.3 is 14.8 Å². The van der Waals surface area contributed by atoms with Gasteiger partial charge in [-0.3, -0.25) is 4.79 Å². The van der Waals surface area contributed by atoms with Crippen LogP contribution in [0, 0.1) is 6.92 Å². The molecule has 0 aliphatic carbocycles. The average molecular weight is 429 g/mol. The first-order chi connectivity index (χ1) is 14.9. The van der Waals surface area contributed by atoms with E-state index >= 15 is 0 Å². The van der Waals surface area contributed by atoms with Crippen molar-refractivity contribution in [2.75, 3.05) is 13.2 Å². The van der Waals surface area contributed by atoms with Gasteiger partial charge in [0.2, 0.25) is 0 Å². The molecule has 0 saturated heterocycles. The molecule has 3 rings (SSSR count). The Kier molecular flexibility index (Phi) is 7.31. The van der Waals surface area contributed by atoms with Gasteiger partial charge in [0.1, 0.15) is 5.75 Å². The maximum Gasteiger partial charge on any atom is 0.387 e. The maximum absolute atomic E-state index is 12.1. The van der Waals surface area contributed by atoms with Gasteiger partial charge in [0.05, 0.1) is 11.3 Å². The number of halogens is 2. The molecule has 1 N–H and O–H groups in total. The van der Waals surface area contributed by atoms with Crippen molar-refractivity contribution in [2.24, 2.45) is 0 Å². The molecule has 0 unspecified atom stereocenters. The Hall–Kier alpha value is -3.75. The Labute approximate surface area is 177 Å². The number of aryl methyl sites for hydroxylation is 1. The number of alkyl halides is 2. The van der Waals surface area contributed by atoms with Crippen LogP contribution in [0.25, 0.3) is 5.69 Å². The second-order valence-corrected chi connectivity index (χ2v) is 6.63. The van der Waals surface area contributed by atoms with Gasteiger partial charge in [-0.05, 0) is 61.4 Å². The van der Waals surface area contributed by atoms with Gasteiger partial charge in [0.15, 0.2) is 6.61 Å². The molecule has 0 bridgehead atoms. The van der Waals surface area contributed by atoms with Crippen LogP contribution in [0.15, 0.2) is 60.8 Å². The van der Waals surface area contributed by atoms with E-state index in [1.165, 1.54) is 12.1 Å². The molecular weight excluding hydrogens is 408 g/mol. The van der Waals surface area contributed by atoms with E-state index in [0.717, 1.165) is 16.9 Å². The first kappa shape index (κ1) is 21.9. The lowest BCUT2D eigenvalue weighted by Gasteiger charge is -2.08. The highest BCUT2D eigenvalue weighted by molar-refractivity contribution is 5.91. The maximum atomic E-state index is 12.1. The number of nitrogens with one attached hydrogen (secondary N) is 1. The van der Waals surface area contributed by atoms with Crippen LogP contribution in [0.2, 0.25) is 0 Å². The molecule has 1 heterocycles. The number of carbonyl (C=O) groups is 2.